The SMILES string of the molecule is COc1nc2c(OC)cccc2o1. The van der Waals surface area contributed by atoms with Gasteiger partial charge < -0.3 is 13.9 Å². The molecule has 0 saturated heterocycles. The summed E-state index contributed by atoms with van der Waals surface area (Å²) in [6, 6.07) is 5.48. The Kier molecular flexibility index (Phi) is 1.81. The second-order valence-corrected chi connectivity index (χ2v) is 2.49. The lowest BCUT2D eigenvalue weighted by Crippen LogP contribution is -1.84. The van der Waals surface area contributed by atoms with Crippen molar-refractivity contribution >= 4 is 11.1 Å². The number of ether oxygens (including phenoxy) is 2. The van der Waals surface area contributed by atoms with Gasteiger partial charge in [-0.15, -0.1) is 0 Å². The molecule has 0 unspecified atom stereocenters. The third-order valence-electron chi connectivity index (χ3n) is 1.76. The molecular weight excluding hydrogens is 170 g/mol. The Bertz CT molecular complexity index is 422. The molecule has 0 N–H and O–H groups in total. The van der Waals surface area contributed by atoms with Gasteiger partial charge in [0.15, 0.2) is 11.1 Å². The molecule has 0 aliphatic carbocycles. The van der Waals surface area contributed by atoms with E-state index >= 15 is 0 Å². The zero-order valence-corrected chi connectivity index (χ0v) is 7.40. The molecule has 1 aromatic heterocycles. The summed E-state index contributed by atoms with van der Waals surface area (Å²) in [5, 5.41) is 0. The van der Waals surface area contributed by atoms with E-state index in [9.17, 15) is 0 Å². The molecule has 1 aromatic carbocycles. The van der Waals surface area contributed by atoms with E-state index in [4.69, 9.17) is 13.9 Å². The lowest BCUT2D eigenvalue weighted by Gasteiger charge is -1.96. The number of methoxy groups -OCH3 is 2. The molecule has 0 fully saturated rings. The monoisotopic (exact) mass is 179 g/mol. The maximum absolute atomic E-state index is 5.25. The van der Waals surface area contributed by atoms with E-state index in [1.807, 2.05) is 18.2 Å². The van der Waals surface area contributed by atoms with Gasteiger partial charge in [-0.25, -0.2) is 0 Å². The highest BCUT2D eigenvalue weighted by molar-refractivity contribution is 5.80. The molecule has 0 amide bonds. The van der Waals surface area contributed by atoms with E-state index in [-0.39, 0.29) is 6.08 Å². The van der Waals surface area contributed by atoms with Gasteiger partial charge in [0, 0.05) is 0 Å². The molecule has 0 atom stereocenters. The smallest absolute Gasteiger partial charge is 0.394 e. The van der Waals surface area contributed by atoms with Gasteiger partial charge >= 0.3 is 6.08 Å². The number of hydrogen-bond acceptors (Lipinski definition) is 4. The van der Waals surface area contributed by atoms with Crippen LogP contribution in [0.4, 0.5) is 0 Å². The van der Waals surface area contributed by atoms with Crippen LogP contribution in [-0.4, -0.2) is 19.2 Å². The minimum absolute atomic E-state index is 0.250. The average Bonchev–Trinajstić information content (AvgIpc) is 2.59. The Labute approximate surface area is 75.1 Å². The fraction of sp³-hybridized carbons (Fsp3) is 0.222. The van der Waals surface area contributed by atoms with Crippen LogP contribution in [-0.2, 0) is 0 Å². The van der Waals surface area contributed by atoms with Crippen LogP contribution in [0.15, 0.2) is 22.6 Å². The van der Waals surface area contributed by atoms with Crippen LogP contribution in [0.2, 0.25) is 0 Å². The number of nitrogens with zero attached hydrogens (tertiary/aromatic N) is 1. The molecule has 0 radical (unpaired) electrons. The Morgan fingerprint density at radius 1 is 1.23 bits per heavy atom. The normalized spacial score (nSPS) is 10.3. The van der Waals surface area contributed by atoms with Crippen LogP contribution < -0.4 is 9.47 Å². The van der Waals surface area contributed by atoms with Gasteiger partial charge in [0.25, 0.3) is 0 Å². The first-order valence-corrected chi connectivity index (χ1v) is 3.82. The molecule has 68 valence electrons. The van der Waals surface area contributed by atoms with Crippen molar-refractivity contribution in [3.63, 3.8) is 0 Å². The van der Waals surface area contributed by atoms with Crippen LogP contribution >= 0.6 is 0 Å². The number of rotatable bonds is 2. The molecule has 2 rings (SSSR count). The van der Waals surface area contributed by atoms with E-state index in [2.05, 4.69) is 4.98 Å². The number of aromatic nitrogens is 1. The third-order valence-corrected chi connectivity index (χ3v) is 1.76. The average molecular weight is 179 g/mol. The fourth-order valence-electron chi connectivity index (χ4n) is 1.15. The molecule has 0 aliphatic rings. The van der Waals surface area contributed by atoms with Gasteiger partial charge in [0.1, 0.15) is 5.75 Å². The molecule has 0 aliphatic heterocycles. The molecular formula is C9H9NO3. The van der Waals surface area contributed by atoms with E-state index in [0.717, 1.165) is 0 Å². The molecule has 4 nitrogen and oxygen atoms in total. The van der Waals surface area contributed by atoms with Crippen molar-refractivity contribution in [3.05, 3.63) is 18.2 Å². The minimum atomic E-state index is 0.250. The maximum atomic E-state index is 5.25. The third kappa shape index (κ3) is 1.20. The van der Waals surface area contributed by atoms with Gasteiger partial charge in [-0.3, -0.25) is 0 Å². The highest BCUT2D eigenvalue weighted by atomic mass is 16.6. The second kappa shape index (κ2) is 2.97. The molecule has 4 heteroatoms. The first-order valence-electron chi connectivity index (χ1n) is 3.82. The lowest BCUT2D eigenvalue weighted by atomic mass is 10.3. The topological polar surface area (TPSA) is 44.5 Å². The van der Waals surface area contributed by atoms with Crippen molar-refractivity contribution < 1.29 is 13.9 Å². The van der Waals surface area contributed by atoms with Crippen LogP contribution in [0.25, 0.3) is 11.1 Å². The molecule has 1 heterocycles. The Morgan fingerprint density at radius 2 is 2.08 bits per heavy atom. The van der Waals surface area contributed by atoms with Gasteiger partial charge in [0.05, 0.1) is 14.2 Å². The zero-order valence-electron chi connectivity index (χ0n) is 7.40. The van der Waals surface area contributed by atoms with Crippen molar-refractivity contribution in [2.24, 2.45) is 0 Å². The summed E-state index contributed by atoms with van der Waals surface area (Å²) >= 11 is 0. The Hall–Kier alpha value is -1.71. The molecule has 0 bridgehead atoms. The Morgan fingerprint density at radius 3 is 2.77 bits per heavy atom. The number of oxazole rings is 1. The summed E-state index contributed by atoms with van der Waals surface area (Å²) in [4.78, 5) is 4.09. The minimum Gasteiger partial charge on any atom is -0.494 e. The predicted molar refractivity (Wildman–Crippen MR) is 47.1 cm³/mol. The highest BCUT2D eigenvalue weighted by Gasteiger charge is 2.09. The predicted octanol–water partition coefficient (Wildman–Crippen LogP) is 1.84. The van der Waals surface area contributed by atoms with Crippen LogP contribution in [0.1, 0.15) is 0 Å². The van der Waals surface area contributed by atoms with Crippen LogP contribution in [0.3, 0.4) is 0 Å². The molecule has 0 saturated carbocycles. The van der Waals surface area contributed by atoms with E-state index in [0.29, 0.717) is 16.8 Å². The lowest BCUT2D eigenvalue weighted by molar-refractivity contribution is 0.299. The molecule has 0 spiro atoms. The second-order valence-electron chi connectivity index (χ2n) is 2.49. The van der Waals surface area contributed by atoms with Crippen molar-refractivity contribution in [1.29, 1.82) is 0 Å². The van der Waals surface area contributed by atoms with Crippen LogP contribution in [0.5, 0.6) is 11.8 Å². The summed E-state index contributed by atoms with van der Waals surface area (Å²) in [5.41, 5.74) is 1.35. The fourth-order valence-corrected chi connectivity index (χ4v) is 1.15. The van der Waals surface area contributed by atoms with Gasteiger partial charge in [0.2, 0.25) is 0 Å². The van der Waals surface area contributed by atoms with Crippen LogP contribution in [0, 0.1) is 0 Å². The van der Waals surface area contributed by atoms with Crippen molar-refractivity contribution in [2.75, 3.05) is 14.2 Å². The largest absolute Gasteiger partial charge is 0.494 e. The zero-order chi connectivity index (χ0) is 9.26. The van der Waals surface area contributed by atoms with Gasteiger partial charge in [-0.05, 0) is 12.1 Å². The summed E-state index contributed by atoms with van der Waals surface area (Å²) < 4.78 is 15.2. The van der Waals surface area contributed by atoms with Gasteiger partial charge in [-0.2, -0.15) is 4.98 Å². The summed E-state index contributed by atoms with van der Waals surface area (Å²) in [5.74, 6) is 0.685. The first kappa shape index (κ1) is 7.91. The standard InChI is InChI=1S/C9H9NO3/c1-11-6-4-3-5-7-8(6)10-9(12-2)13-7/h3-5H,1-2H3. The quantitative estimate of drug-likeness (QED) is 0.705. The number of para-hydroxylation sites is 1. The summed E-state index contributed by atoms with van der Waals surface area (Å²) in [6.45, 7) is 0. The van der Waals surface area contributed by atoms with E-state index < -0.39 is 0 Å². The van der Waals surface area contributed by atoms with E-state index in [1.165, 1.54) is 7.11 Å². The Balaban J connectivity index is 2.67. The molecule has 2 aromatic rings. The first-order chi connectivity index (χ1) is 6.35. The number of hydrogen-bond donors (Lipinski definition) is 0. The van der Waals surface area contributed by atoms with Crippen molar-refractivity contribution in [2.45, 2.75) is 0 Å². The highest BCUT2D eigenvalue weighted by Crippen LogP contribution is 2.27. The van der Waals surface area contributed by atoms with E-state index in [1.54, 1.807) is 7.11 Å². The maximum Gasteiger partial charge on any atom is 0.394 e. The number of fused-ring (bicyclic) bond motifs is 1. The van der Waals surface area contributed by atoms with Crippen molar-refractivity contribution in [3.8, 4) is 11.8 Å². The van der Waals surface area contributed by atoms with Crippen molar-refractivity contribution in [1.82, 2.24) is 4.98 Å². The summed E-state index contributed by atoms with van der Waals surface area (Å²) in [7, 11) is 3.10. The molecule has 13 heavy (non-hydrogen) atoms. The van der Waals surface area contributed by atoms with Gasteiger partial charge in [-0.1, -0.05) is 6.07 Å². The summed E-state index contributed by atoms with van der Waals surface area (Å²) in [6.07, 6.45) is 0.250. The number of benzene rings is 1.